The number of anilines is 1. The van der Waals surface area contributed by atoms with Crippen LogP contribution in [-0.4, -0.2) is 70.3 Å². The number of H-pyrrole nitrogens is 1. The molecule has 0 saturated carbocycles. The fourth-order valence-electron chi connectivity index (χ4n) is 8.05. The second-order valence-electron chi connectivity index (χ2n) is 13.9. The largest absolute Gasteiger partial charge is 0.496 e. The Kier molecular flexibility index (Phi) is 10.2. The minimum Gasteiger partial charge on any atom is -0.496 e. The zero-order valence-electron chi connectivity index (χ0n) is 31.4. The first-order valence-electron chi connectivity index (χ1n) is 17.9. The van der Waals surface area contributed by atoms with E-state index < -0.39 is 5.97 Å². The molecule has 0 radical (unpaired) electrons. The SMILES string of the molecule is COCCn1c(C(=O)O)cc2c(OC)ccc(N3CC(C)n4c(c(CCCOc5cc(C)c(Cl)c(C)c5)c5ccc(Cl)c(-c6c(C)n[nH]c6C)c54)C3=O)c21. The first kappa shape index (κ1) is 37.3. The van der Waals surface area contributed by atoms with Crippen LogP contribution >= 0.6 is 23.2 Å². The van der Waals surface area contributed by atoms with Crippen molar-refractivity contribution < 1.29 is 28.9 Å². The van der Waals surface area contributed by atoms with Gasteiger partial charge in [-0.05, 0) is 101 Å². The summed E-state index contributed by atoms with van der Waals surface area (Å²) < 4.78 is 21.1. The average molecular weight is 773 g/mol. The highest BCUT2D eigenvalue weighted by Crippen LogP contribution is 2.46. The van der Waals surface area contributed by atoms with Crippen LogP contribution in [0.25, 0.3) is 32.9 Å². The first-order chi connectivity index (χ1) is 25.9. The molecular weight excluding hydrogens is 729 g/mol. The normalized spacial score (nSPS) is 14.4. The van der Waals surface area contributed by atoms with Gasteiger partial charge in [0, 0.05) is 58.9 Å². The zero-order chi connectivity index (χ0) is 38.6. The van der Waals surface area contributed by atoms with Gasteiger partial charge in [0.2, 0.25) is 0 Å². The molecule has 7 rings (SSSR count). The van der Waals surface area contributed by atoms with Crippen molar-refractivity contribution in [2.24, 2.45) is 0 Å². The van der Waals surface area contributed by atoms with E-state index in [1.807, 2.05) is 58.0 Å². The number of hydrogen-bond acceptors (Lipinski definition) is 6. The molecule has 0 spiro atoms. The number of carbonyl (C=O) groups is 2. The summed E-state index contributed by atoms with van der Waals surface area (Å²) in [5.74, 6) is -0.0307. The number of carbonyl (C=O) groups excluding carboxylic acids is 1. The van der Waals surface area contributed by atoms with Crippen molar-refractivity contribution in [3.05, 3.63) is 92.0 Å². The highest BCUT2D eigenvalue weighted by molar-refractivity contribution is 6.35. The van der Waals surface area contributed by atoms with Crippen molar-refractivity contribution >= 4 is 62.6 Å². The van der Waals surface area contributed by atoms with Crippen LogP contribution in [0.1, 0.15) is 68.4 Å². The maximum Gasteiger partial charge on any atom is 0.352 e. The number of carboxylic acids is 1. The average Bonchev–Trinajstić information content (AvgIpc) is 3.80. The minimum absolute atomic E-state index is 0.0799. The lowest BCUT2D eigenvalue weighted by Gasteiger charge is -2.35. The predicted molar refractivity (Wildman–Crippen MR) is 212 cm³/mol. The van der Waals surface area contributed by atoms with E-state index in [-0.39, 0.29) is 30.8 Å². The van der Waals surface area contributed by atoms with Gasteiger partial charge < -0.3 is 33.4 Å². The summed E-state index contributed by atoms with van der Waals surface area (Å²) in [6.07, 6.45) is 1.18. The Morgan fingerprint density at radius 1 is 0.981 bits per heavy atom. The Morgan fingerprint density at radius 2 is 1.72 bits per heavy atom. The van der Waals surface area contributed by atoms with Crippen molar-refractivity contribution in [2.45, 2.75) is 60.0 Å². The van der Waals surface area contributed by atoms with E-state index in [0.717, 1.165) is 60.9 Å². The molecule has 54 heavy (non-hydrogen) atoms. The smallest absolute Gasteiger partial charge is 0.352 e. The minimum atomic E-state index is -1.09. The van der Waals surface area contributed by atoms with Gasteiger partial charge in [-0.25, -0.2) is 4.79 Å². The van der Waals surface area contributed by atoms with Crippen LogP contribution in [0.2, 0.25) is 10.0 Å². The van der Waals surface area contributed by atoms with Crippen molar-refractivity contribution in [3.8, 4) is 22.6 Å². The lowest BCUT2D eigenvalue weighted by Crippen LogP contribution is -2.43. The summed E-state index contributed by atoms with van der Waals surface area (Å²) in [5.41, 5.74) is 8.90. The summed E-state index contributed by atoms with van der Waals surface area (Å²) in [5, 5.41) is 20.6. The van der Waals surface area contributed by atoms with Crippen LogP contribution in [0.4, 0.5) is 5.69 Å². The Bertz CT molecular complexity index is 2420. The maximum atomic E-state index is 15.2. The van der Waals surface area contributed by atoms with E-state index in [1.165, 1.54) is 0 Å². The van der Waals surface area contributed by atoms with Crippen LogP contribution < -0.4 is 14.4 Å². The molecule has 0 saturated heterocycles. The molecule has 0 bridgehead atoms. The van der Waals surface area contributed by atoms with Crippen LogP contribution in [0.3, 0.4) is 0 Å². The number of methoxy groups -OCH3 is 2. The van der Waals surface area contributed by atoms with Gasteiger partial charge in [-0.15, -0.1) is 0 Å². The van der Waals surface area contributed by atoms with Gasteiger partial charge >= 0.3 is 5.97 Å². The van der Waals surface area contributed by atoms with Crippen LogP contribution in [0.15, 0.2) is 42.5 Å². The van der Waals surface area contributed by atoms with Gasteiger partial charge in [0.25, 0.3) is 5.91 Å². The van der Waals surface area contributed by atoms with E-state index in [0.29, 0.717) is 59.0 Å². The third-order valence-corrected chi connectivity index (χ3v) is 11.3. The van der Waals surface area contributed by atoms with Crippen molar-refractivity contribution in [2.75, 3.05) is 38.9 Å². The van der Waals surface area contributed by atoms with Crippen molar-refractivity contribution in [1.29, 1.82) is 0 Å². The molecule has 3 aromatic heterocycles. The Hall–Kier alpha value is -4.97. The molecule has 3 aromatic carbocycles. The summed E-state index contributed by atoms with van der Waals surface area (Å²) in [7, 11) is 3.12. The van der Waals surface area contributed by atoms with E-state index >= 15 is 4.79 Å². The number of carboxylic acid groups (broad SMARTS) is 1. The standard InChI is InChI=1S/C41H43Cl2N5O6/c1-21-17-26(18-22(2)36(21)43)54-15-8-9-27-28-10-11-30(42)35(34-24(4)44-45-25(34)5)38(28)48-23(3)20-47(40(49)39(27)48)31-12-13-33(53-7)29-19-32(41(50)51)46(37(29)31)14-16-52-6/h10-13,17-19,23H,8-9,14-16,20H2,1-7H3,(H,44,45)(H,50,51). The Morgan fingerprint density at radius 3 is 2.37 bits per heavy atom. The summed E-state index contributed by atoms with van der Waals surface area (Å²) in [6, 6.07) is 12.8. The lowest BCUT2D eigenvalue weighted by atomic mass is 9.98. The summed E-state index contributed by atoms with van der Waals surface area (Å²) in [4.78, 5) is 29.5. The number of ether oxygens (including phenoxy) is 3. The number of nitrogens with one attached hydrogen (secondary N) is 1. The molecule has 1 amide bonds. The molecular formula is C41H43Cl2N5O6. The van der Waals surface area contributed by atoms with E-state index in [9.17, 15) is 9.90 Å². The number of fused-ring (bicyclic) bond motifs is 4. The molecule has 4 heterocycles. The van der Waals surface area contributed by atoms with Gasteiger partial charge in [-0.3, -0.25) is 9.89 Å². The number of benzene rings is 3. The predicted octanol–water partition coefficient (Wildman–Crippen LogP) is 9.11. The number of rotatable bonds is 12. The number of amides is 1. The van der Waals surface area contributed by atoms with Crippen molar-refractivity contribution in [3.63, 3.8) is 0 Å². The molecule has 282 valence electrons. The Balaban J connectivity index is 1.40. The second-order valence-corrected chi connectivity index (χ2v) is 14.7. The molecule has 1 unspecified atom stereocenters. The van der Waals surface area contributed by atoms with Crippen molar-refractivity contribution in [1.82, 2.24) is 19.3 Å². The van der Waals surface area contributed by atoms with Gasteiger partial charge in [0.05, 0.1) is 47.8 Å². The highest BCUT2D eigenvalue weighted by Gasteiger charge is 2.38. The number of aromatic carboxylic acids is 1. The molecule has 2 N–H and O–H groups in total. The van der Waals surface area contributed by atoms with Crippen LogP contribution in [-0.2, 0) is 17.7 Å². The van der Waals surface area contributed by atoms with Gasteiger partial charge in [0.15, 0.2) is 0 Å². The molecule has 0 fully saturated rings. The number of nitrogens with zero attached hydrogens (tertiary/aromatic N) is 4. The molecule has 6 aromatic rings. The fourth-order valence-corrected chi connectivity index (χ4v) is 8.40. The molecule has 1 aliphatic rings. The third-order valence-electron chi connectivity index (χ3n) is 10.4. The quantitative estimate of drug-likeness (QED) is 0.119. The topological polar surface area (TPSA) is 124 Å². The van der Waals surface area contributed by atoms with Gasteiger partial charge in [-0.1, -0.05) is 29.3 Å². The highest BCUT2D eigenvalue weighted by atomic mass is 35.5. The van der Waals surface area contributed by atoms with E-state index in [1.54, 1.807) is 35.8 Å². The number of aromatic nitrogens is 4. The first-order valence-corrected chi connectivity index (χ1v) is 18.6. The third kappa shape index (κ3) is 6.18. The molecule has 1 atom stereocenters. The summed E-state index contributed by atoms with van der Waals surface area (Å²) >= 11 is 13.5. The van der Waals surface area contributed by atoms with Gasteiger partial charge in [-0.2, -0.15) is 5.10 Å². The molecule has 11 nitrogen and oxygen atoms in total. The van der Waals surface area contributed by atoms with E-state index in [4.69, 9.17) is 37.4 Å². The van der Waals surface area contributed by atoms with Crippen LogP contribution in [0, 0.1) is 27.7 Å². The Labute approximate surface area is 323 Å². The summed E-state index contributed by atoms with van der Waals surface area (Å²) in [6.45, 7) is 11.2. The lowest BCUT2D eigenvalue weighted by molar-refractivity contribution is 0.0683. The number of aromatic amines is 1. The molecule has 0 aliphatic carbocycles. The number of aryl methyl sites for hydroxylation is 5. The van der Waals surface area contributed by atoms with Crippen LogP contribution in [0.5, 0.6) is 11.5 Å². The van der Waals surface area contributed by atoms with Gasteiger partial charge in [0.1, 0.15) is 22.9 Å². The maximum absolute atomic E-state index is 15.2. The zero-order valence-corrected chi connectivity index (χ0v) is 32.9. The number of halogens is 2. The number of hydrogen-bond donors (Lipinski definition) is 2. The second kappa shape index (κ2) is 14.7. The molecule has 1 aliphatic heterocycles. The monoisotopic (exact) mass is 771 g/mol. The fraction of sp³-hybridized carbons (Fsp3) is 0.341. The molecule has 13 heteroatoms. The van der Waals surface area contributed by atoms with E-state index in [2.05, 4.69) is 21.7 Å².